The Balaban J connectivity index is 3.12. The van der Waals surface area contributed by atoms with Crippen molar-refractivity contribution in [1.29, 1.82) is 0 Å². The van der Waals surface area contributed by atoms with E-state index in [0.717, 1.165) is 5.56 Å². The fraction of sp³-hybridized carbons (Fsp3) is 0.412. The zero-order chi connectivity index (χ0) is 16.5. The van der Waals surface area contributed by atoms with Crippen LogP contribution in [-0.4, -0.2) is 11.9 Å². The highest BCUT2D eigenvalue weighted by atomic mass is 35.5. The van der Waals surface area contributed by atoms with E-state index in [9.17, 15) is 9.59 Å². The first-order chi connectivity index (χ1) is 10.5. The molecule has 4 nitrogen and oxygen atoms in total. The molecule has 120 valence electrons. The molecular formula is C17H21ClO4. The molecule has 0 bridgehead atoms. The van der Waals surface area contributed by atoms with Crippen LogP contribution < -0.4 is 9.47 Å². The molecule has 22 heavy (non-hydrogen) atoms. The number of hydrogen-bond acceptors (Lipinski definition) is 4. The molecule has 0 amide bonds. The van der Waals surface area contributed by atoms with Gasteiger partial charge in [-0.3, -0.25) is 9.59 Å². The molecule has 0 radical (unpaired) electrons. The quantitative estimate of drug-likeness (QED) is 0.402. The number of benzene rings is 1. The second kappa shape index (κ2) is 9.26. The molecular weight excluding hydrogens is 304 g/mol. The summed E-state index contributed by atoms with van der Waals surface area (Å²) in [6.45, 7) is 7.42. The molecule has 1 aromatic rings. The third kappa shape index (κ3) is 5.53. The third-order valence-electron chi connectivity index (χ3n) is 2.80. The minimum atomic E-state index is -0.409. The summed E-state index contributed by atoms with van der Waals surface area (Å²) in [5, 5.41) is 0.239. The summed E-state index contributed by atoms with van der Waals surface area (Å²) < 4.78 is 10.6. The van der Waals surface area contributed by atoms with Crippen LogP contribution in [-0.2, 0) is 16.0 Å². The maximum atomic E-state index is 11.7. The normalized spacial score (nSPS) is 10.1. The van der Waals surface area contributed by atoms with Crippen LogP contribution in [0.15, 0.2) is 24.8 Å². The lowest BCUT2D eigenvalue weighted by Gasteiger charge is -2.13. The second-order valence-electron chi connectivity index (χ2n) is 4.85. The summed E-state index contributed by atoms with van der Waals surface area (Å²) in [4.78, 5) is 23.4. The topological polar surface area (TPSA) is 52.6 Å². The monoisotopic (exact) mass is 324 g/mol. The SMILES string of the molecule is C=CCc1cc(Cl)c(OC(=O)CCC)c(OC(=O)CCC)c1. The summed E-state index contributed by atoms with van der Waals surface area (Å²) in [6, 6.07) is 3.32. The first-order valence-electron chi connectivity index (χ1n) is 7.36. The van der Waals surface area contributed by atoms with E-state index in [1.165, 1.54) is 0 Å². The number of ether oxygens (including phenoxy) is 2. The number of halogens is 1. The maximum Gasteiger partial charge on any atom is 0.311 e. The molecule has 0 aliphatic rings. The first-order valence-corrected chi connectivity index (χ1v) is 7.74. The average molecular weight is 325 g/mol. The van der Waals surface area contributed by atoms with Crippen LogP contribution in [0.25, 0.3) is 0 Å². The molecule has 1 aromatic carbocycles. The lowest BCUT2D eigenvalue weighted by atomic mass is 10.1. The Bertz CT molecular complexity index is 552. The minimum absolute atomic E-state index is 0.0948. The molecule has 0 aliphatic heterocycles. The Morgan fingerprint density at radius 3 is 2.27 bits per heavy atom. The molecule has 0 atom stereocenters. The number of allylic oxidation sites excluding steroid dienone is 1. The van der Waals surface area contributed by atoms with Crippen molar-refractivity contribution in [2.45, 2.75) is 46.0 Å². The van der Waals surface area contributed by atoms with E-state index >= 15 is 0 Å². The highest BCUT2D eigenvalue weighted by molar-refractivity contribution is 6.32. The molecule has 5 heteroatoms. The van der Waals surface area contributed by atoms with E-state index in [2.05, 4.69) is 6.58 Å². The van der Waals surface area contributed by atoms with Gasteiger partial charge < -0.3 is 9.47 Å². The van der Waals surface area contributed by atoms with E-state index < -0.39 is 5.97 Å². The first kappa shape index (κ1) is 18.2. The third-order valence-corrected chi connectivity index (χ3v) is 3.08. The minimum Gasteiger partial charge on any atom is -0.422 e. The Morgan fingerprint density at radius 2 is 1.73 bits per heavy atom. The molecule has 0 spiro atoms. The number of esters is 2. The van der Waals surface area contributed by atoms with Gasteiger partial charge in [-0.05, 0) is 37.0 Å². The molecule has 0 saturated carbocycles. The average Bonchev–Trinajstić information content (AvgIpc) is 2.43. The van der Waals surface area contributed by atoms with Gasteiger partial charge in [0, 0.05) is 12.8 Å². The van der Waals surface area contributed by atoms with Gasteiger partial charge in [0.15, 0.2) is 11.5 Å². The van der Waals surface area contributed by atoms with Gasteiger partial charge in [-0.2, -0.15) is 0 Å². The van der Waals surface area contributed by atoms with E-state index in [-0.39, 0.29) is 35.3 Å². The Labute approximate surface area is 136 Å². The summed E-state index contributed by atoms with van der Waals surface area (Å²) in [6.07, 6.45) is 4.17. The number of carbonyl (C=O) groups excluding carboxylic acids is 2. The van der Waals surface area contributed by atoms with Crippen molar-refractivity contribution in [3.05, 3.63) is 35.4 Å². The number of hydrogen-bond donors (Lipinski definition) is 0. The van der Waals surface area contributed by atoms with Gasteiger partial charge in [0.05, 0.1) is 5.02 Å². The Hall–Kier alpha value is -1.81. The summed E-state index contributed by atoms with van der Waals surface area (Å²) in [5.41, 5.74) is 0.828. The zero-order valence-electron chi connectivity index (χ0n) is 13.0. The number of rotatable bonds is 8. The van der Waals surface area contributed by atoms with Gasteiger partial charge in [-0.1, -0.05) is 31.5 Å². The molecule has 0 unspecified atom stereocenters. The highest BCUT2D eigenvalue weighted by Gasteiger charge is 2.18. The van der Waals surface area contributed by atoms with Gasteiger partial charge in [0.1, 0.15) is 0 Å². The number of carbonyl (C=O) groups is 2. The zero-order valence-corrected chi connectivity index (χ0v) is 13.7. The predicted molar refractivity (Wildman–Crippen MR) is 86.4 cm³/mol. The van der Waals surface area contributed by atoms with Crippen LogP contribution in [0.2, 0.25) is 5.02 Å². The van der Waals surface area contributed by atoms with Crippen molar-refractivity contribution < 1.29 is 19.1 Å². The van der Waals surface area contributed by atoms with Crippen LogP contribution in [0.5, 0.6) is 11.5 Å². The smallest absolute Gasteiger partial charge is 0.311 e. The maximum absolute atomic E-state index is 11.7. The molecule has 0 aliphatic carbocycles. The lowest BCUT2D eigenvalue weighted by Crippen LogP contribution is -2.12. The standard InChI is InChI=1S/C17H21ClO4/c1-4-7-12-10-13(18)17(22-16(20)9-6-3)14(11-12)21-15(19)8-5-2/h4,10-11H,1,5-9H2,2-3H3. The van der Waals surface area contributed by atoms with E-state index in [4.69, 9.17) is 21.1 Å². The lowest BCUT2D eigenvalue weighted by molar-refractivity contribution is -0.137. The van der Waals surface area contributed by atoms with Crippen LogP contribution >= 0.6 is 11.6 Å². The van der Waals surface area contributed by atoms with Crippen molar-refractivity contribution in [3.63, 3.8) is 0 Å². The molecule has 0 fully saturated rings. The molecule has 1 rings (SSSR count). The molecule has 0 saturated heterocycles. The van der Waals surface area contributed by atoms with Crippen molar-refractivity contribution >= 4 is 23.5 Å². The Kier molecular flexibility index (Phi) is 7.67. The fourth-order valence-corrected chi connectivity index (χ4v) is 2.10. The van der Waals surface area contributed by atoms with E-state index in [1.807, 2.05) is 13.8 Å². The van der Waals surface area contributed by atoms with Crippen molar-refractivity contribution in [1.82, 2.24) is 0 Å². The largest absolute Gasteiger partial charge is 0.422 e. The van der Waals surface area contributed by atoms with E-state index in [0.29, 0.717) is 19.3 Å². The van der Waals surface area contributed by atoms with Crippen LogP contribution in [0, 0.1) is 0 Å². The second-order valence-corrected chi connectivity index (χ2v) is 5.25. The molecule has 0 N–H and O–H groups in total. The predicted octanol–water partition coefficient (Wildman–Crippen LogP) is 4.48. The highest BCUT2D eigenvalue weighted by Crippen LogP contribution is 2.37. The summed E-state index contributed by atoms with van der Waals surface area (Å²) in [7, 11) is 0. The Morgan fingerprint density at radius 1 is 1.14 bits per heavy atom. The molecule has 0 heterocycles. The van der Waals surface area contributed by atoms with Gasteiger partial charge in [0.2, 0.25) is 0 Å². The van der Waals surface area contributed by atoms with Gasteiger partial charge in [-0.25, -0.2) is 0 Å². The molecule has 0 aromatic heterocycles. The van der Waals surface area contributed by atoms with Crippen LogP contribution in [0.1, 0.15) is 45.1 Å². The van der Waals surface area contributed by atoms with Gasteiger partial charge >= 0.3 is 11.9 Å². The van der Waals surface area contributed by atoms with Gasteiger partial charge in [0.25, 0.3) is 0 Å². The summed E-state index contributed by atoms with van der Waals surface area (Å²) in [5.74, 6) is -0.527. The van der Waals surface area contributed by atoms with Crippen LogP contribution in [0.4, 0.5) is 0 Å². The van der Waals surface area contributed by atoms with Gasteiger partial charge in [-0.15, -0.1) is 6.58 Å². The fourth-order valence-electron chi connectivity index (χ4n) is 1.83. The van der Waals surface area contributed by atoms with Crippen molar-refractivity contribution in [3.8, 4) is 11.5 Å². The van der Waals surface area contributed by atoms with Crippen LogP contribution in [0.3, 0.4) is 0 Å². The van der Waals surface area contributed by atoms with E-state index in [1.54, 1.807) is 18.2 Å². The van der Waals surface area contributed by atoms with Crippen molar-refractivity contribution in [2.75, 3.05) is 0 Å². The summed E-state index contributed by atoms with van der Waals surface area (Å²) >= 11 is 6.17. The van der Waals surface area contributed by atoms with Crippen molar-refractivity contribution in [2.24, 2.45) is 0 Å².